The number of nitrogens with one attached hydrogen (secondary N) is 1. The maximum atomic E-state index is 12.2. The fourth-order valence-corrected chi connectivity index (χ4v) is 3.11. The normalized spacial score (nSPS) is 14.5. The van der Waals surface area contributed by atoms with Gasteiger partial charge in [-0.15, -0.1) is 11.3 Å². The van der Waals surface area contributed by atoms with E-state index in [4.69, 9.17) is 0 Å². The minimum absolute atomic E-state index is 0.0641. The van der Waals surface area contributed by atoms with Gasteiger partial charge in [-0.25, -0.2) is 9.97 Å². The van der Waals surface area contributed by atoms with E-state index in [2.05, 4.69) is 20.2 Å². The van der Waals surface area contributed by atoms with Crippen LogP contribution < -0.4 is 10.2 Å². The molecule has 2 amide bonds. The number of amides is 2. The first-order chi connectivity index (χ1) is 11.7. The van der Waals surface area contributed by atoms with Gasteiger partial charge in [-0.3, -0.25) is 9.59 Å². The number of carbonyl (C=O) groups is 2. The summed E-state index contributed by atoms with van der Waals surface area (Å²) in [6, 6.07) is 5.83. The molecule has 1 fully saturated rings. The van der Waals surface area contributed by atoms with E-state index >= 15 is 0 Å². The summed E-state index contributed by atoms with van der Waals surface area (Å²) in [7, 11) is 0. The Morgan fingerprint density at radius 2 is 2.00 bits per heavy atom. The van der Waals surface area contributed by atoms with Crippen molar-refractivity contribution in [2.24, 2.45) is 0 Å². The fourth-order valence-electron chi connectivity index (χ4n) is 2.58. The van der Waals surface area contributed by atoms with Crippen LogP contribution in [0.4, 0.5) is 5.82 Å². The Bertz CT molecular complexity index is 669. The van der Waals surface area contributed by atoms with Crippen LogP contribution in [-0.4, -0.2) is 59.4 Å². The molecule has 3 heterocycles. The van der Waals surface area contributed by atoms with Crippen molar-refractivity contribution < 1.29 is 9.59 Å². The van der Waals surface area contributed by atoms with Crippen molar-refractivity contribution >= 4 is 29.0 Å². The maximum Gasteiger partial charge on any atom is 0.270 e. The van der Waals surface area contributed by atoms with Gasteiger partial charge >= 0.3 is 0 Å². The van der Waals surface area contributed by atoms with Gasteiger partial charge in [0.1, 0.15) is 11.5 Å². The lowest BCUT2D eigenvalue weighted by atomic mass is 10.2. The number of hydrogen-bond acceptors (Lipinski definition) is 6. The molecule has 0 atom stereocenters. The summed E-state index contributed by atoms with van der Waals surface area (Å²) in [5.74, 6) is 0.776. The number of aromatic nitrogens is 2. The Balaban J connectivity index is 1.40. The van der Waals surface area contributed by atoms with E-state index in [0.29, 0.717) is 31.7 Å². The number of thiazole rings is 1. The third kappa shape index (κ3) is 4.08. The van der Waals surface area contributed by atoms with Gasteiger partial charge in [0, 0.05) is 50.7 Å². The van der Waals surface area contributed by atoms with Crippen LogP contribution in [0.15, 0.2) is 35.3 Å². The van der Waals surface area contributed by atoms with Crippen LogP contribution in [0.3, 0.4) is 0 Å². The topological polar surface area (TPSA) is 78.4 Å². The molecule has 1 aliphatic heterocycles. The number of rotatable bonds is 5. The average Bonchev–Trinajstić information content (AvgIpc) is 3.17. The highest BCUT2D eigenvalue weighted by molar-refractivity contribution is 7.07. The minimum Gasteiger partial charge on any atom is -0.353 e. The first-order valence-corrected chi connectivity index (χ1v) is 8.78. The monoisotopic (exact) mass is 345 g/mol. The van der Waals surface area contributed by atoms with Crippen LogP contribution in [0.5, 0.6) is 0 Å². The first-order valence-electron chi connectivity index (χ1n) is 7.84. The van der Waals surface area contributed by atoms with E-state index < -0.39 is 0 Å². The van der Waals surface area contributed by atoms with E-state index in [1.54, 1.807) is 17.1 Å². The molecular formula is C16H19N5O2S. The van der Waals surface area contributed by atoms with Crippen LogP contribution in [-0.2, 0) is 4.79 Å². The summed E-state index contributed by atoms with van der Waals surface area (Å²) in [4.78, 5) is 36.3. The lowest BCUT2D eigenvalue weighted by Gasteiger charge is -2.35. The second kappa shape index (κ2) is 7.87. The Kier molecular flexibility index (Phi) is 5.37. The van der Waals surface area contributed by atoms with Crippen molar-refractivity contribution in [2.45, 2.75) is 6.42 Å². The first kappa shape index (κ1) is 16.4. The molecule has 0 aromatic carbocycles. The van der Waals surface area contributed by atoms with Gasteiger partial charge in [-0.2, -0.15) is 0 Å². The predicted octanol–water partition coefficient (Wildman–Crippen LogP) is 1.01. The molecule has 0 saturated carbocycles. The Morgan fingerprint density at radius 3 is 2.67 bits per heavy atom. The Labute approximate surface area is 144 Å². The minimum atomic E-state index is -0.232. The predicted molar refractivity (Wildman–Crippen MR) is 92.1 cm³/mol. The highest BCUT2D eigenvalue weighted by Gasteiger charge is 2.21. The molecule has 7 nitrogen and oxygen atoms in total. The summed E-state index contributed by atoms with van der Waals surface area (Å²) >= 11 is 1.37. The van der Waals surface area contributed by atoms with Crippen molar-refractivity contribution in [1.82, 2.24) is 20.2 Å². The molecule has 1 N–H and O–H groups in total. The number of piperazine rings is 1. The maximum absolute atomic E-state index is 12.2. The van der Waals surface area contributed by atoms with Crippen molar-refractivity contribution in [3.8, 4) is 0 Å². The van der Waals surface area contributed by atoms with Crippen LogP contribution in [0.25, 0.3) is 0 Å². The lowest BCUT2D eigenvalue weighted by Crippen LogP contribution is -2.49. The van der Waals surface area contributed by atoms with Gasteiger partial charge < -0.3 is 15.1 Å². The van der Waals surface area contributed by atoms with Crippen molar-refractivity contribution in [1.29, 1.82) is 0 Å². The molecule has 0 spiro atoms. The molecule has 126 valence electrons. The standard InChI is InChI=1S/C16H19N5O2S/c22-15(4-6-18-16(23)13-11-24-12-19-13)21-9-7-20(8-10-21)14-3-1-2-5-17-14/h1-3,5,11-12H,4,6-10H2,(H,18,23). The smallest absolute Gasteiger partial charge is 0.270 e. The fraction of sp³-hybridized carbons (Fsp3) is 0.375. The van der Waals surface area contributed by atoms with Crippen molar-refractivity contribution in [2.75, 3.05) is 37.6 Å². The zero-order chi connectivity index (χ0) is 16.8. The largest absolute Gasteiger partial charge is 0.353 e. The zero-order valence-electron chi connectivity index (χ0n) is 13.2. The Morgan fingerprint density at radius 1 is 1.17 bits per heavy atom. The molecule has 0 bridgehead atoms. The summed E-state index contributed by atoms with van der Waals surface area (Å²) in [6.07, 6.45) is 2.08. The van der Waals surface area contributed by atoms with Gasteiger partial charge in [0.15, 0.2) is 0 Å². The average molecular weight is 345 g/mol. The van der Waals surface area contributed by atoms with Crippen molar-refractivity contribution in [3.63, 3.8) is 0 Å². The second-order valence-electron chi connectivity index (χ2n) is 5.44. The van der Waals surface area contributed by atoms with Gasteiger partial charge in [-0.05, 0) is 12.1 Å². The molecule has 8 heteroatoms. The number of hydrogen-bond donors (Lipinski definition) is 1. The second-order valence-corrected chi connectivity index (χ2v) is 6.15. The number of carbonyl (C=O) groups excluding carboxylic acids is 2. The molecule has 24 heavy (non-hydrogen) atoms. The molecule has 2 aromatic rings. The molecule has 0 aliphatic carbocycles. The van der Waals surface area contributed by atoms with E-state index in [0.717, 1.165) is 18.9 Å². The van der Waals surface area contributed by atoms with Crippen LogP contribution in [0.1, 0.15) is 16.9 Å². The zero-order valence-corrected chi connectivity index (χ0v) is 14.0. The van der Waals surface area contributed by atoms with Gasteiger partial charge in [0.05, 0.1) is 5.51 Å². The van der Waals surface area contributed by atoms with Crippen LogP contribution in [0.2, 0.25) is 0 Å². The molecule has 0 unspecified atom stereocenters. The van der Waals surface area contributed by atoms with Gasteiger partial charge in [-0.1, -0.05) is 6.07 Å². The molecule has 1 saturated heterocycles. The van der Waals surface area contributed by atoms with E-state index in [-0.39, 0.29) is 11.8 Å². The molecule has 2 aromatic heterocycles. The van der Waals surface area contributed by atoms with Gasteiger partial charge in [0.25, 0.3) is 5.91 Å². The van der Waals surface area contributed by atoms with Crippen molar-refractivity contribution in [3.05, 3.63) is 41.0 Å². The number of pyridine rings is 1. The number of nitrogens with zero attached hydrogens (tertiary/aromatic N) is 4. The highest BCUT2D eigenvalue weighted by Crippen LogP contribution is 2.12. The third-order valence-electron chi connectivity index (χ3n) is 3.90. The van der Waals surface area contributed by atoms with Crippen LogP contribution >= 0.6 is 11.3 Å². The van der Waals surface area contributed by atoms with E-state index in [1.807, 2.05) is 23.1 Å². The van der Waals surface area contributed by atoms with E-state index in [1.165, 1.54) is 11.3 Å². The van der Waals surface area contributed by atoms with Crippen LogP contribution in [0, 0.1) is 0 Å². The Hall–Kier alpha value is -2.48. The van der Waals surface area contributed by atoms with E-state index in [9.17, 15) is 9.59 Å². The summed E-state index contributed by atoms with van der Waals surface area (Å²) < 4.78 is 0. The molecule has 1 aliphatic rings. The van der Waals surface area contributed by atoms with Gasteiger partial charge in [0.2, 0.25) is 5.91 Å². The third-order valence-corrected chi connectivity index (χ3v) is 4.48. The SMILES string of the molecule is O=C(NCCC(=O)N1CCN(c2ccccn2)CC1)c1cscn1. The summed E-state index contributed by atoms with van der Waals surface area (Å²) in [5, 5.41) is 4.42. The summed E-state index contributed by atoms with van der Waals surface area (Å²) in [6.45, 7) is 3.22. The molecular weight excluding hydrogens is 326 g/mol. The highest BCUT2D eigenvalue weighted by atomic mass is 32.1. The number of anilines is 1. The molecule has 3 rings (SSSR count). The molecule has 0 radical (unpaired) electrons. The quantitative estimate of drug-likeness (QED) is 0.875. The lowest BCUT2D eigenvalue weighted by molar-refractivity contribution is -0.131. The summed E-state index contributed by atoms with van der Waals surface area (Å²) in [5.41, 5.74) is 2.01.